The molecule has 0 fully saturated rings. The molecule has 0 aliphatic heterocycles. The predicted molar refractivity (Wildman–Crippen MR) is 87.8 cm³/mol. The first-order valence-electron chi connectivity index (χ1n) is 7.50. The first kappa shape index (κ1) is 17.5. The molecule has 0 aliphatic carbocycles. The summed E-state index contributed by atoms with van der Waals surface area (Å²) in [4.78, 5) is 3.76. The van der Waals surface area contributed by atoms with Crippen molar-refractivity contribution in [1.82, 2.24) is 8.96 Å². The molecule has 8 heteroatoms. The minimum absolute atomic E-state index is 0.0408. The van der Waals surface area contributed by atoms with E-state index in [-0.39, 0.29) is 21.8 Å². The Kier molecular flexibility index (Phi) is 4.10. The summed E-state index contributed by atoms with van der Waals surface area (Å²) in [6.07, 6.45) is -2.69. The van der Waals surface area contributed by atoms with Crippen molar-refractivity contribution in [1.29, 1.82) is 0 Å². The lowest BCUT2D eigenvalue weighted by Crippen LogP contribution is -2.13. The number of rotatable bonds is 3. The normalized spacial score (nSPS) is 12.9. The Balaban J connectivity index is 2.08. The number of fused-ring (bicyclic) bond motifs is 1. The van der Waals surface area contributed by atoms with Gasteiger partial charge in [-0.1, -0.05) is 26.0 Å². The smallest absolute Gasteiger partial charge is 0.237 e. The van der Waals surface area contributed by atoms with E-state index in [9.17, 15) is 21.6 Å². The monoisotopic (exact) mass is 368 g/mol. The maximum Gasteiger partial charge on any atom is 0.417 e. The van der Waals surface area contributed by atoms with Gasteiger partial charge in [-0.15, -0.1) is 0 Å². The van der Waals surface area contributed by atoms with Gasteiger partial charge in [0.05, 0.1) is 10.5 Å². The standard InChI is InChI=1S/C17H15F3N2O2S/c1-11(2)12-3-5-15(6-4-12)25(23,24)22-8-7-13-9-14(17(18,19)20)10-21-16(13)22/h3-11H,1-2H3. The second-order valence-electron chi connectivity index (χ2n) is 5.97. The van der Waals surface area contributed by atoms with Crippen molar-refractivity contribution in [2.24, 2.45) is 0 Å². The third-order valence-electron chi connectivity index (χ3n) is 3.92. The van der Waals surface area contributed by atoms with Gasteiger partial charge in [0.15, 0.2) is 5.65 Å². The zero-order chi connectivity index (χ0) is 18.4. The van der Waals surface area contributed by atoms with E-state index in [2.05, 4.69) is 4.98 Å². The lowest BCUT2D eigenvalue weighted by molar-refractivity contribution is -0.137. The van der Waals surface area contributed by atoms with Gasteiger partial charge in [0.2, 0.25) is 0 Å². The van der Waals surface area contributed by atoms with Crippen LogP contribution in [0.25, 0.3) is 11.0 Å². The highest BCUT2D eigenvalue weighted by Crippen LogP contribution is 2.31. The zero-order valence-electron chi connectivity index (χ0n) is 13.4. The molecule has 0 saturated carbocycles. The molecule has 0 spiro atoms. The molecular weight excluding hydrogens is 353 g/mol. The first-order valence-corrected chi connectivity index (χ1v) is 8.94. The number of nitrogens with zero attached hydrogens (tertiary/aromatic N) is 2. The highest BCUT2D eigenvalue weighted by Gasteiger charge is 2.31. The van der Waals surface area contributed by atoms with Crippen LogP contribution in [0, 0.1) is 0 Å². The Labute approximate surface area is 143 Å². The summed E-state index contributed by atoms with van der Waals surface area (Å²) in [5.41, 5.74) is 0.0293. The molecule has 0 N–H and O–H groups in total. The Morgan fingerprint density at radius 2 is 1.72 bits per heavy atom. The molecule has 0 bridgehead atoms. The van der Waals surface area contributed by atoms with E-state index in [1.807, 2.05) is 13.8 Å². The molecule has 0 aliphatic rings. The molecule has 0 radical (unpaired) electrons. The topological polar surface area (TPSA) is 52.0 Å². The number of benzene rings is 1. The van der Waals surface area contributed by atoms with E-state index in [1.54, 1.807) is 12.1 Å². The second kappa shape index (κ2) is 5.87. The molecule has 0 atom stereocenters. The van der Waals surface area contributed by atoms with Crippen LogP contribution in [0.1, 0.15) is 30.9 Å². The van der Waals surface area contributed by atoms with Crippen LogP contribution in [0.2, 0.25) is 0 Å². The predicted octanol–water partition coefficient (Wildman–Crippen LogP) is 4.42. The molecule has 2 aromatic heterocycles. The quantitative estimate of drug-likeness (QED) is 0.688. The Morgan fingerprint density at radius 3 is 2.28 bits per heavy atom. The highest BCUT2D eigenvalue weighted by molar-refractivity contribution is 7.90. The van der Waals surface area contributed by atoms with Gasteiger partial charge in [-0.3, -0.25) is 0 Å². The lowest BCUT2D eigenvalue weighted by Gasteiger charge is -2.10. The van der Waals surface area contributed by atoms with Gasteiger partial charge >= 0.3 is 6.18 Å². The van der Waals surface area contributed by atoms with Crippen LogP contribution in [-0.4, -0.2) is 17.4 Å². The minimum Gasteiger partial charge on any atom is -0.237 e. The molecular formula is C17H15F3N2O2S. The lowest BCUT2D eigenvalue weighted by atomic mass is 10.0. The molecule has 3 rings (SSSR count). The number of hydrogen-bond donors (Lipinski definition) is 0. The van der Waals surface area contributed by atoms with E-state index in [0.29, 0.717) is 6.20 Å². The fourth-order valence-electron chi connectivity index (χ4n) is 2.49. The maximum absolute atomic E-state index is 12.8. The van der Waals surface area contributed by atoms with Gasteiger partial charge in [-0.2, -0.15) is 13.2 Å². The van der Waals surface area contributed by atoms with Crippen LogP contribution >= 0.6 is 0 Å². The molecule has 25 heavy (non-hydrogen) atoms. The Bertz CT molecular complexity index is 1020. The summed E-state index contributed by atoms with van der Waals surface area (Å²) < 4.78 is 64.7. The van der Waals surface area contributed by atoms with Gasteiger partial charge in [0.25, 0.3) is 10.0 Å². The number of pyridine rings is 1. The summed E-state index contributed by atoms with van der Waals surface area (Å²) in [6.45, 7) is 3.98. The maximum atomic E-state index is 12.8. The van der Waals surface area contributed by atoms with Gasteiger partial charge < -0.3 is 0 Å². The molecule has 2 heterocycles. The molecule has 0 saturated heterocycles. The van der Waals surface area contributed by atoms with Crippen LogP contribution in [0.3, 0.4) is 0 Å². The summed E-state index contributed by atoms with van der Waals surface area (Å²) in [5, 5.41) is 0.109. The SMILES string of the molecule is CC(C)c1ccc(S(=O)(=O)n2ccc3cc(C(F)(F)F)cnc32)cc1. The van der Waals surface area contributed by atoms with Crippen LogP contribution in [0.4, 0.5) is 13.2 Å². The fourth-order valence-corrected chi connectivity index (χ4v) is 3.80. The van der Waals surface area contributed by atoms with E-state index in [1.165, 1.54) is 24.4 Å². The molecule has 0 unspecified atom stereocenters. The number of halogens is 3. The fraction of sp³-hybridized carbons (Fsp3) is 0.235. The van der Waals surface area contributed by atoms with E-state index in [0.717, 1.165) is 15.6 Å². The van der Waals surface area contributed by atoms with Crippen LogP contribution in [0.5, 0.6) is 0 Å². The Hall–Kier alpha value is -2.35. The average Bonchev–Trinajstić information content (AvgIpc) is 2.98. The van der Waals surface area contributed by atoms with Crippen molar-refractivity contribution in [3.05, 3.63) is 59.9 Å². The average molecular weight is 368 g/mol. The van der Waals surface area contributed by atoms with Gasteiger partial charge in [0.1, 0.15) is 0 Å². The van der Waals surface area contributed by atoms with Gasteiger partial charge in [-0.25, -0.2) is 17.4 Å². The van der Waals surface area contributed by atoms with E-state index in [4.69, 9.17) is 0 Å². The number of aromatic nitrogens is 2. The summed E-state index contributed by atoms with van der Waals surface area (Å²) in [7, 11) is -3.94. The van der Waals surface area contributed by atoms with Crippen LogP contribution in [0.15, 0.2) is 53.7 Å². The van der Waals surface area contributed by atoms with Crippen LogP contribution in [-0.2, 0) is 16.2 Å². The minimum atomic E-state index is -4.53. The molecule has 3 aromatic rings. The second-order valence-corrected chi connectivity index (χ2v) is 7.79. The third-order valence-corrected chi connectivity index (χ3v) is 5.60. The molecule has 1 aromatic carbocycles. The number of hydrogen-bond acceptors (Lipinski definition) is 3. The molecule has 0 amide bonds. The number of alkyl halides is 3. The zero-order valence-corrected chi connectivity index (χ0v) is 14.3. The third kappa shape index (κ3) is 3.13. The van der Waals surface area contributed by atoms with E-state index < -0.39 is 21.8 Å². The summed E-state index contributed by atoms with van der Waals surface area (Å²) >= 11 is 0. The summed E-state index contributed by atoms with van der Waals surface area (Å²) in [5.74, 6) is 0.256. The highest BCUT2D eigenvalue weighted by atomic mass is 32.2. The largest absolute Gasteiger partial charge is 0.417 e. The Morgan fingerprint density at radius 1 is 1.08 bits per heavy atom. The van der Waals surface area contributed by atoms with E-state index >= 15 is 0 Å². The van der Waals surface area contributed by atoms with Crippen molar-refractivity contribution >= 4 is 21.1 Å². The van der Waals surface area contributed by atoms with Crippen molar-refractivity contribution in [2.75, 3.05) is 0 Å². The molecule has 4 nitrogen and oxygen atoms in total. The first-order chi connectivity index (χ1) is 11.6. The van der Waals surface area contributed by atoms with Crippen molar-refractivity contribution < 1.29 is 21.6 Å². The van der Waals surface area contributed by atoms with Crippen LogP contribution < -0.4 is 0 Å². The molecule has 132 valence electrons. The summed E-state index contributed by atoms with van der Waals surface area (Å²) in [6, 6.07) is 8.60. The van der Waals surface area contributed by atoms with Gasteiger partial charge in [0, 0.05) is 17.8 Å². The van der Waals surface area contributed by atoms with Crippen molar-refractivity contribution in [3.8, 4) is 0 Å². The van der Waals surface area contributed by atoms with Crippen molar-refractivity contribution in [3.63, 3.8) is 0 Å². The van der Waals surface area contributed by atoms with Gasteiger partial charge in [-0.05, 0) is 35.7 Å². The van der Waals surface area contributed by atoms with Crippen molar-refractivity contribution in [2.45, 2.75) is 30.8 Å².